The Morgan fingerprint density at radius 3 is 1.78 bits per heavy atom. The molecule has 3 nitrogen and oxygen atoms in total. The number of hydrogen-bond donors (Lipinski definition) is 1. The third kappa shape index (κ3) is 6.33. The molecule has 0 saturated heterocycles. The summed E-state index contributed by atoms with van der Waals surface area (Å²) in [5.41, 5.74) is 0.847. The van der Waals surface area contributed by atoms with Crippen LogP contribution < -0.4 is 5.30 Å². The van der Waals surface area contributed by atoms with Crippen LogP contribution in [-0.2, 0) is 9.36 Å². The Morgan fingerprint density at radius 2 is 1.39 bits per heavy atom. The van der Waals surface area contributed by atoms with Gasteiger partial charge in [-0.2, -0.15) is 0 Å². The van der Waals surface area contributed by atoms with E-state index in [0.29, 0.717) is 0 Å². The Morgan fingerprint density at radius 1 is 0.957 bits per heavy atom. The normalized spacial score (nSPS) is 12.6. The Bertz CT molecular complexity index is 631. The first kappa shape index (κ1) is 19.1. The lowest BCUT2D eigenvalue weighted by atomic mass is 10.0. The minimum atomic E-state index is -1.27. The van der Waals surface area contributed by atoms with Crippen molar-refractivity contribution in [2.45, 2.75) is 38.8 Å². The Labute approximate surface area is 139 Å². The van der Waals surface area contributed by atoms with E-state index in [2.05, 4.69) is 0 Å². The van der Waals surface area contributed by atoms with Crippen molar-refractivity contribution in [1.82, 2.24) is 0 Å². The van der Waals surface area contributed by atoms with Crippen LogP contribution >= 0.6 is 7.80 Å². The number of carboxylic acid groups (broad SMARTS) is 1. The summed E-state index contributed by atoms with van der Waals surface area (Å²) < 4.78 is 11.8. The second kappa shape index (κ2) is 8.59. The first-order valence-electron chi connectivity index (χ1n) is 7.53. The van der Waals surface area contributed by atoms with Crippen molar-refractivity contribution < 1.29 is 14.5 Å². The summed E-state index contributed by atoms with van der Waals surface area (Å²) in [6.45, 7) is 7.67. The zero-order valence-electron chi connectivity index (χ0n) is 14.1. The van der Waals surface area contributed by atoms with Gasteiger partial charge in [0, 0.05) is 0 Å². The van der Waals surface area contributed by atoms with E-state index in [1.54, 1.807) is 6.92 Å². The van der Waals surface area contributed by atoms with E-state index < -0.39 is 19.7 Å². The maximum atomic E-state index is 11.8. The molecule has 1 N–H and O–H groups in total. The van der Waals surface area contributed by atoms with Gasteiger partial charge in [-0.1, -0.05) is 53.1 Å². The molecule has 0 radical (unpaired) electrons. The van der Waals surface area contributed by atoms with E-state index in [9.17, 15) is 9.36 Å². The van der Waals surface area contributed by atoms with Crippen LogP contribution in [0.15, 0.2) is 60.7 Å². The number of carbonyl (C=O) groups is 1. The van der Waals surface area contributed by atoms with E-state index in [4.69, 9.17) is 5.11 Å². The number of hydrogen-bond acceptors (Lipinski definition) is 2. The summed E-state index contributed by atoms with van der Waals surface area (Å²) in [6.07, 6.45) is 0. The summed E-state index contributed by atoms with van der Waals surface area (Å²) in [7, 11) is -1.27. The molecule has 23 heavy (non-hydrogen) atoms. The van der Waals surface area contributed by atoms with Crippen LogP contribution in [0.2, 0.25) is 0 Å². The Balaban J connectivity index is 0.000000231. The molecule has 0 heterocycles. The average molecular weight is 331 g/mol. The fourth-order valence-corrected chi connectivity index (χ4v) is 3.05. The second-order valence-electron chi connectivity index (χ2n) is 6.27. The van der Waals surface area contributed by atoms with Crippen molar-refractivity contribution in [2.75, 3.05) is 0 Å². The molecule has 1 unspecified atom stereocenters. The minimum Gasteiger partial charge on any atom is -0.481 e. The van der Waals surface area contributed by atoms with Crippen LogP contribution in [0.4, 0.5) is 0 Å². The predicted molar refractivity (Wildman–Crippen MR) is 95.9 cm³/mol. The van der Waals surface area contributed by atoms with Crippen LogP contribution in [-0.4, -0.2) is 16.2 Å². The van der Waals surface area contributed by atoms with Gasteiger partial charge in [-0.3, -0.25) is 4.79 Å². The lowest BCUT2D eigenvalue weighted by Gasteiger charge is -2.04. The Kier molecular flexibility index (Phi) is 7.12. The highest BCUT2D eigenvalue weighted by molar-refractivity contribution is 7.55. The van der Waals surface area contributed by atoms with Gasteiger partial charge in [0.25, 0.3) is 0 Å². The third-order valence-electron chi connectivity index (χ3n) is 3.27. The summed E-state index contributed by atoms with van der Waals surface area (Å²) in [6, 6.07) is 18.8. The number of rotatable bonds is 3. The fraction of sp³-hybridized carbons (Fsp3) is 0.316. The smallest absolute Gasteiger partial charge is 0.382 e. The van der Waals surface area contributed by atoms with Crippen molar-refractivity contribution in [3.05, 3.63) is 66.2 Å². The number of carboxylic acids is 1. The van der Waals surface area contributed by atoms with Gasteiger partial charge in [-0.25, -0.2) is 0 Å². The van der Waals surface area contributed by atoms with Crippen LogP contribution in [0.25, 0.3) is 0 Å². The number of benzene rings is 2. The molecule has 0 saturated carbocycles. The van der Waals surface area contributed by atoms with Crippen molar-refractivity contribution >= 4 is 19.1 Å². The molecule has 0 aliphatic carbocycles. The molecular weight excluding hydrogens is 307 g/mol. The zero-order valence-corrected chi connectivity index (χ0v) is 15.0. The van der Waals surface area contributed by atoms with Crippen LogP contribution in [0.5, 0.6) is 0 Å². The van der Waals surface area contributed by atoms with Gasteiger partial charge >= 0.3 is 13.8 Å². The van der Waals surface area contributed by atoms with Crippen LogP contribution in [0.3, 0.4) is 0 Å². The van der Waals surface area contributed by atoms with Crippen molar-refractivity contribution in [3.8, 4) is 0 Å². The van der Waals surface area contributed by atoms with Gasteiger partial charge in [0.05, 0.1) is 5.92 Å². The molecule has 122 valence electrons. The average Bonchev–Trinajstić information content (AvgIpc) is 2.54. The summed E-state index contributed by atoms with van der Waals surface area (Å²) >= 11 is 0. The second-order valence-corrected chi connectivity index (χ2v) is 8.72. The van der Waals surface area contributed by atoms with Gasteiger partial charge in [0.2, 0.25) is 0 Å². The zero-order chi connectivity index (χ0) is 17.5. The molecule has 0 aliphatic heterocycles. The maximum absolute atomic E-state index is 11.8. The molecule has 2 aromatic carbocycles. The highest BCUT2D eigenvalue weighted by Crippen LogP contribution is 2.36. The van der Waals surface area contributed by atoms with Gasteiger partial charge in [-0.15, -0.1) is 0 Å². The monoisotopic (exact) mass is 331 g/mol. The molecule has 2 rings (SSSR count). The van der Waals surface area contributed by atoms with E-state index in [1.165, 1.54) is 0 Å². The lowest BCUT2D eigenvalue weighted by Crippen LogP contribution is -2.13. The molecule has 2 aromatic rings. The van der Waals surface area contributed by atoms with Crippen LogP contribution in [0, 0.1) is 0 Å². The molecule has 0 aromatic heterocycles. The van der Waals surface area contributed by atoms with Gasteiger partial charge in [-0.05, 0) is 45.4 Å². The van der Waals surface area contributed by atoms with E-state index in [0.717, 1.165) is 10.9 Å². The molecule has 0 amide bonds. The van der Waals surface area contributed by atoms with E-state index >= 15 is 0 Å². The molecule has 0 aliphatic rings. The highest BCUT2D eigenvalue weighted by atomic mass is 31.1. The predicted octanol–water partition coefficient (Wildman–Crippen LogP) is 4.81. The largest absolute Gasteiger partial charge is 0.481 e. The van der Waals surface area contributed by atoms with Crippen molar-refractivity contribution in [1.29, 1.82) is 0 Å². The van der Waals surface area contributed by atoms with E-state index in [-0.39, 0.29) is 5.16 Å². The molecule has 0 bridgehead atoms. The summed E-state index contributed by atoms with van der Waals surface area (Å²) in [4.78, 5) is 10.5. The quantitative estimate of drug-likeness (QED) is 0.821. The highest BCUT2D eigenvalue weighted by Gasteiger charge is 2.35. The summed E-state index contributed by atoms with van der Waals surface area (Å²) in [5, 5.41) is 9.45. The van der Waals surface area contributed by atoms with Gasteiger partial charge in [0.1, 0.15) is 0 Å². The topological polar surface area (TPSA) is 54.4 Å². The molecule has 0 fully saturated rings. The third-order valence-corrected chi connectivity index (χ3v) is 5.26. The van der Waals surface area contributed by atoms with E-state index in [1.807, 2.05) is 81.4 Å². The molecule has 0 spiro atoms. The van der Waals surface area contributed by atoms with Gasteiger partial charge in [0.15, 0.2) is 10.5 Å². The maximum Gasteiger partial charge on any atom is 0.382 e. The standard InChI is InChI=1S/C10H14OP.C9H10O2/c1-10(2,3)12(11)9-7-5-4-6-8-9;1-7(9(10)11)8-5-3-2-4-6-8/h4-8H,1-3H3;2-7H,1H3,(H,10,11)/q+1;/t;7-/m.0/s1. The van der Waals surface area contributed by atoms with Gasteiger partial charge < -0.3 is 5.11 Å². The van der Waals surface area contributed by atoms with Crippen molar-refractivity contribution in [2.24, 2.45) is 0 Å². The van der Waals surface area contributed by atoms with Crippen LogP contribution in [0.1, 0.15) is 39.2 Å². The minimum absolute atomic E-state index is 0.128. The molecule has 4 heteroatoms. The first-order valence-corrected chi connectivity index (χ1v) is 8.79. The molecular formula is C19H24O3P+. The SMILES string of the molecule is CC(C)(C)[P+](=O)c1ccccc1.C[C@H](C(=O)O)c1ccccc1. The van der Waals surface area contributed by atoms with Crippen molar-refractivity contribution in [3.63, 3.8) is 0 Å². The lowest BCUT2D eigenvalue weighted by molar-refractivity contribution is -0.138. The fourth-order valence-electron chi connectivity index (χ4n) is 1.83. The number of aliphatic carboxylic acids is 1. The summed E-state index contributed by atoms with van der Waals surface area (Å²) in [5.74, 6) is -1.19. The Hall–Kier alpha value is -1.99. The first-order chi connectivity index (χ1) is 10.7. The molecule has 2 atom stereocenters.